The summed E-state index contributed by atoms with van der Waals surface area (Å²) in [6.45, 7) is 0.465. The van der Waals surface area contributed by atoms with Crippen LogP contribution >= 0.6 is 0 Å². The van der Waals surface area contributed by atoms with Gasteiger partial charge in [0.15, 0.2) is 0 Å². The zero-order valence-corrected chi connectivity index (χ0v) is 4.05. The summed E-state index contributed by atoms with van der Waals surface area (Å²) < 4.78 is 0. The Kier molecular flexibility index (Phi) is 10.5. The fraction of sp³-hybridized carbons (Fsp3) is 0.750. The number of hydrogen-bond acceptors (Lipinski definition) is 2. The predicted molar refractivity (Wildman–Crippen MR) is 33.1 cm³/mol. The molecule has 8 heavy (non-hydrogen) atoms. The van der Waals surface area contributed by atoms with Gasteiger partial charge in [-0.3, -0.25) is 4.79 Å². The molecular formula is C4H10NNaO2. The topological polar surface area (TPSA) is 63.3 Å². The molecule has 0 aliphatic rings. The van der Waals surface area contributed by atoms with E-state index in [1.807, 2.05) is 0 Å². The van der Waals surface area contributed by atoms with Gasteiger partial charge in [-0.2, -0.15) is 0 Å². The van der Waals surface area contributed by atoms with E-state index in [9.17, 15) is 4.79 Å². The van der Waals surface area contributed by atoms with E-state index in [4.69, 9.17) is 10.8 Å². The molecule has 3 nitrogen and oxygen atoms in total. The van der Waals surface area contributed by atoms with Crippen LogP contribution in [0.3, 0.4) is 0 Å². The fourth-order valence-electron chi connectivity index (χ4n) is 0.253. The van der Waals surface area contributed by atoms with Gasteiger partial charge in [0.05, 0.1) is 0 Å². The molecule has 0 rings (SSSR count). The minimum atomic E-state index is -0.773. The second-order valence-electron chi connectivity index (χ2n) is 1.29. The van der Waals surface area contributed by atoms with E-state index in [2.05, 4.69) is 0 Å². The molecule has 0 amide bonds. The number of rotatable bonds is 3. The third-order valence-electron chi connectivity index (χ3n) is 0.595. The van der Waals surface area contributed by atoms with Gasteiger partial charge < -0.3 is 10.8 Å². The molecule has 0 saturated heterocycles. The van der Waals surface area contributed by atoms with Crippen LogP contribution in [0.5, 0.6) is 0 Å². The van der Waals surface area contributed by atoms with Crippen molar-refractivity contribution in [2.75, 3.05) is 6.54 Å². The van der Waals surface area contributed by atoms with Crippen LogP contribution in [0.1, 0.15) is 12.8 Å². The van der Waals surface area contributed by atoms with Crippen molar-refractivity contribution in [2.24, 2.45) is 5.73 Å². The van der Waals surface area contributed by atoms with Gasteiger partial charge in [-0.1, -0.05) is 0 Å². The summed E-state index contributed by atoms with van der Waals surface area (Å²) in [5.41, 5.74) is 5.01. The standard InChI is InChI=1S/C4H9NO2.Na.H/c5-3-1-2-4(6)7;;/h1-3,5H2,(H,6,7);;. The Labute approximate surface area is 70.5 Å². The van der Waals surface area contributed by atoms with Crippen molar-refractivity contribution in [3.8, 4) is 0 Å². The summed E-state index contributed by atoms with van der Waals surface area (Å²) >= 11 is 0. The summed E-state index contributed by atoms with van der Waals surface area (Å²) in [4.78, 5) is 9.70. The van der Waals surface area contributed by atoms with Crippen LogP contribution in [0.15, 0.2) is 0 Å². The van der Waals surface area contributed by atoms with Gasteiger partial charge in [0.2, 0.25) is 0 Å². The summed E-state index contributed by atoms with van der Waals surface area (Å²) in [6.07, 6.45) is 0.770. The molecule has 0 fully saturated rings. The molecule has 0 saturated carbocycles. The van der Waals surface area contributed by atoms with Crippen molar-refractivity contribution in [3.63, 3.8) is 0 Å². The molecule has 0 bridgehead atoms. The van der Waals surface area contributed by atoms with Crippen molar-refractivity contribution in [3.05, 3.63) is 0 Å². The number of carbonyl (C=O) groups is 1. The van der Waals surface area contributed by atoms with Crippen molar-refractivity contribution in [1.82, 2.24) is 0 Å². The first-order valence-corrected chi connectivity index (χ1v) is 2.19. The number of nitrogens with two attached hydrogens (primary N) is 1. The molecule has 0 unspecified atom stereocenters. The molecule has 0 aliphatic heterocycles. The van der Waals surface area contributed by atoms with E-state index in [1.165, 1.54) is 0 Å². The second kappa shape index (κ2) is 7.43. The van der Waals surface area contributed by atoms with Gasteiger partial charge in [0.1, 0.15) is 0 Å². The van der Waals surface area contributed by atoms with Crippen LogP contribution in [-0.2, 0) is 4.79 Å². The number of hydrogen-bond donors (Lipinski definition) is 2. The van der Waals surface area contributed by atoms with Gasteiger partial charge in [0, 0.05) is 6.42 Å². The van der Waals surface area contributed by atoms with Crippen LogP contribution in [0.4, 0.5) is 0 Å². The Morgan fingerprint density at radius 1 is 1.62 bits per heavy atom. The molecule has 0 radical (unpaired) electrons. The van der Waals surface area contributed by atoms with Crippen LogP contribution in [0.25, 0.3) is 0 Å². The van der Waals surface area contributed by atoms with Gasteiger partial charge in [-0.15, -0.1) is 0 Å². The maximum atomic E-state index is 9.70. The first kappa shape index (κ1) is 11.3. The number of carboxylic acid groups (broad SMARTS) is 1. The zero-order valence-electron chi connectivity index (χ0n) is 4.05. The van der Waals surface area contributed by atoms with E-state index in [0.29, 0.717) is 13.0 Å². The third-order valence-corrected chi connectivity index (χ3v) is 0.595. The molecule has 0 aliphatic carbocycles. The Morgan fingerprint density at radius 3 is 2.25 bits per heavy atom. The molecule has 3 N–H and O–H groups in total. The van der Waals surface area contributed by atoms with Crippen molar-refractivity contribution >= 4 is 35.5 Å². The van der Waals surface area contributed by atoms with Crippen molar-refractivity contribution < 1.29 is 9.90 Å². The van der Waals surface area contributed by atoms with Gasteiger partial charge >= 0.3 is 35.5 Å². The third kappa shape index (κ3) is 9.66. The predicted octanol–water partition coefficient (Wildman–Crippen LogP) is -0.839. The Hall–Kier alpha value is 0.430. The fourth-order valence-corrected chi connectivity index (χ4v) is 0.253. The average Bonchev–Trinajstić information content (AvgIpc) is 1.61. The van der Waals surface area contributed by atoms with Gasteiger partial charge in [-0.05, 0) is 13.0 Å². The van der Waals surface area contributed by atoms with Crippen LogP contribution in [-0.4, -0.2) is 47.2 Å². The summed E-state index contributed by atoms with van der Waals surface area (Å²) in [7, 11) is 0. The normalized spacial score (nSPS) is 7.62. The van der Waals surface area contributed by atoms with Crippen LogP contribution in [0.2, 0.25) is 0 Å². The molecule has 0 aromatic rings. The molecule has 0 spiro atoms. The number of carboxylic acids is 1. The molecule has 0 aromatic heterocycles. The number of aliphatic carboxylic acids is 1. The van der Waals surface area contributed by atoms with Crippen molar-refractivity contribution in [2.45, 2.75) is 12.8 Å². The Morgan fingerprint density at radius 2 is 2.12 bits per heavy atom. The second-order valence-corrected chi connectivity index (χ2v) is 1.29. The average molecular weight is 127 g/mol. The summed E-state index contributed by atoms with van der Waals surface area (Å²) in [5, 5.41) is 7.99. The quantitative estimate of drug-likeness (QED) is 0.486. The van der Waals surface area contributed by atoms with E-state index in [-0.39, 0.29) is 36.0 Å². The molecular weight excluding hydrogens is 117 g/mol. The van der Waals surface area contributed by atoms with E-state index in [1.54, 1.807) is 0 Å². The molecule has 4 heteroatoms. The van der Waals surface area contributed by atoms with E-state index in [0.717, 1.165) is 0 Å². The Balaban J connectivity index is 0. The van der Waals surface area contributed by atoms with E-state index < -0.39 is 5.97 Å². The first-order valence-electron chi connectivity index (χ1n) is 2.19. The SMILES string of the molecule is NCCCC(=O)O.[NaH]. The molecule has 0 aromatic carbocycles. The monoisotopic (exact) mass is 127 g/mol. The van der Waals surface area contributed by atoms with Gasteiger partial charge in [0.25, 0.3) is 0 Å². The molecule has 44 valence electrons. The molecule has 0 heterocycles. The molecule has 0 atom stereocenters. The maximum absolute atomic E-state index is 9.70. The van der Waals surface area contributed by atoms with Crippen LogP contribution < -0.4 is 5.73 Å². The van der Waals surface area contributed by atoms with E-state index >= 15 is 0 Å². The summed E-state index contributed by atoms with van der Waals surface area (Å²) in [6, 6.07) is 0. The van der Waals surface area contributed by atoms with Crippen LogP contribution in [0, 0.1) is 0 Å². The zero-order chi connectivity index (χ0) is 5.70. The van der Waals surface area contributed by atoms with Crippen molar-refractivity contribution in [1.29, 1.82) is 0 Å². The summed E-state index contributed by atoms with van der Waals surface area (Å²) in [5.74, 6) is -0.773. The van der Waals surface area contributed by atoms with Gasteiger partial charge in [-0.25, -0.2) is 0 Å². The Bertz CT molecular complexity index is 67.1. The first-order chi connectivity index (χ1) is 3.27. The minimum absolute atomic E-state index is 0.